The summed E-state index contributed by atoms with van der Waals surface area (Å²) in [5, 5.41) is 4.82. The van der Waals surface area contributed by atoms with Gasteiger partial charge in [0, 0.05) is 12.6 Å². The molecule has 0 aliphatic carbocycles. The standard InChI is InChI=1S/C10H14N4O2/c1-14(12)10(13-11)7-3-4-9(16-2)8(5-7)6-15/h3-6H,11-12H2,1-2H3/b13-10-. The molecule has 6 nitrogen and oxygen atoms in total. The number of benzene rings is 1. The minimum absolute atomic E-state index is 0.380. The molecule has 6 heteroatoms. The molecule has 0 spiro atoms. The summed E-state index contributed by atoms with van der Waals surface area (Å²) in [5.41, 5.74) is 1.07. The van der Waals surface area contributed by atoms with Gasteiger partial charge in [0.05, 0.1) is 12.7 Å². The second-order valence-corrected chi connectivity index (χ2v) is 3.14. The van der Waals surface area contributed by atoms with Crippen molar-refractivity contribution in [2.75, 3.05) is 14.2 Å². The number of methoxy groups -OCH3 is 1. The predicted octanol–water partition coefficient (Wildman–Crippen LogP) is -0.0665. The van der Waals surface area contributed by atoms with Crippen molar-refractivity contribution < 1.29 is 9.53 Å². The van der Waals surface area contributed by atoms with E-state index in [1.807, 2.05) is 0 Å². The molecule has 0 bridgehead atoms. The van der Waals surface area contributed by atoms with Crippen LogP contribution in [-0.4, -0.2) is 31.3 Å². The third-order valence-corrected chi connectivity index (χ3v) is 2.07. The van der Waals surface area contributed by atoms with Crippen molar-refractivity contribution in [2.24, 2.45) is 16.8 Å². The minimum Gasteiger partial charge on any atom is -0.496 e. The summed E-state index contributed by atoms with van der Waals surface area (Å²) < 4.78 is 5.02. The van der Waals surface area contributed by atoms with Crippen molar-refractivity contribution in [2.45, 2.75) is 0 Å². The van der Waals surface area contributed by atoms with Crippen LogP contribution in [0.25, 0.3) is 0 Å². The molecule has 0 amide bonds. The molecule has 1 aromatic carbocycles. The monoisotopic (exact) mass is 222 g/mol. The van der Waals surface area contributed by atoms with E-state index in [0.29, 0.717) is 29.0 Å². The maximum Gasteiger partial charge on any atom is 0.169 e. The average molecular weight is 222 g/mol. The normalized spacial score (nSPS) is 11.1. The Bertz CT molecular complexity index is 415. The van der Waals surface area contributed by atoms with Crippen molar-refractivity contribution in [1.29, 1.82) is 0 Å². The Morgan fingerprint density at radius 3 is 2.69 bits per heavy atom. The van der Waals surface area contributed by atoms with Crippen LogP contribution in [0.2, 0.25) is 0 Å². The van der Waals surface area contributed by atoms with Crippen molar-refractivity contribution >= 4 is 12.1 Å². The highest BCUT2D eigenvalue weighted by Gasteiger charge is 2.10. The van der Waals surface area contributed by atoms with Crippen LogP contribution in [0.5, 0.6) is 5.75 Å². The summed E-state index contributed by atoms with van der Waals surface area (Å²) in [6.07, 6.45) is 0.701. The van der Waals surface area contributed by atoms with Crippen molar-refractivity contribution in [3.8, 4) is 5.75 Å². The molecule has 0 atom stereocenters. The number of hydrazine groups is 1. The molecule has 0 aliphatic heterocycles. The second kappa shape index (κ2) is 5.13. The summed E-state index contributed by atoms with van der Waals surface area (Å²) in [6.45, 7) is 0. The molecular formula is C10H14N4O2. The number of ether oxygens (including phenoxy) is 1. The molecule has 0 aliphatic rings. The van der Waals surface area contributed by atoms with Gasteiger partial charge in [0.1, 0.15) is 5.75 Å². The topological polar surface area (TPSA) is 93.9 Å². The lowest BCUT2D eigenvalue weighted by atomic mass is 10.1. The molecule has 1 rings (SSSR count). The summed E-state index contributed by atoms with van der Waals surface area (Å²) in [6, 6.07) is 5.00. The van der Waals surface area contributed by atoms with Gasteiger partial charge < -0.3 is 10.6 Å². The first-order valence-electron chi connectivity index (χ1n) is 4.54. The van der Waals surface area contributed by atoms with Crippen LogP contribution < -0.4 is 16.4 Å². The molecule has 86 valence electrons. The lowest BCUT2D eigenvalue weighted by molar-refractivity contribution is 0.112. The van der Waals surface area contributed by atoms with Crippen molar-refractivity contribution in [3.05, 3.63) is 29.3 Å². The number of carbonyl (C=O) groups excluding carboxylic acids is 1. The summed E-state index contributed by atoms with van der Waals surface area (Å²) in [7, 11) is 3.10. The molecule has 0 radical (unpaired) electrons. The molecule has 0 saturated carbocycles. The highest BCUT2D eigenvalue weighted by molar-refractivity contribution is 5.99. The molecule has 16 heavy (non-hydrogen) atoms. The average Bonchev–Trinajstić information content (AvgIpc) is 2.29. The maximum absolute atomic E-state index is 10.8. The summed E-state index contributed by atoms with van der Waals surface area (Å²) in [5.74, 6) is 11.6. The molecule has 0 saturated heterocycles. The van der Waals surface area contributed by atoms with Gasteiger partial charge in [-0.05, 0) is 18.2 Å². The Balaban J connectivity index is 3.22. The van der Waals surface area contributed by atoms with Crippen LogP contribution in [0.4, 0.5) is 0 Å². The molecule has 0 aromatic heterocycles. The summed E-state index contributed by atoms with van der Waals surface area (Å²) in [4.78, 5) is 10.8. The zero-order chi connectivity index (χ0) is 12.1. The predicted molar refractivity (Wildman–Crippen MR) is 61.1 cm³/mol. The molecule has 0 unspecified atom stereocenters. The number of hydrazone groups is 1. The van der Waals surface area contributed by atoms with E-state index in [9.17, 15) is 4.79 Å². The second-order valence-electron chi connectivity index (χ2n) is 3.14. The highest BCUT2D eigenvalue weighted by Crippen LogP contribution is 2.18. The van der Waals surface area contributed by atoms with E-state index in [-0.39, 0.29) is 0 Å². The van der Waals surface area contributed by atoms with Gasteiger partial charge in [-0.1, -0.05) is 0 Å². The van der Waals surface area contributed by atoms with E-state index in [4.69, 9.17) is 16.4 Å². The van der Waals surface area contributed by atoms with Gasteiger partial charge in [-0.2, -0.15) is 5.10 Å². The van der Waals surface area contributed by atoms with Gasteiger partial charge in [0.25, 0.3) is 0 Å². The van der Waals surface area contributed by atoms with Gasteiger partial charge in [-0.25, -0.2) is 5.84 Å². The molecular weight excluding hydrogens is 208 g/mol. The quantitative estimate of drug-likeness (QED) is 0.245. The van der Waals surface area contributed by atoms with Gasteiger partial charge in [-0.3, -0.25) is 9.80 Å². The zero-order valence-electron chi connectivity index (χ0n) is 9.18. The number of amidine groups is 1. The van der Waals surface area contributed by atoms with E-state index in [0.717, 1.165) is 0 Å². The number of nitrogens with two attached hydrogens (primary N) is 2. The molecule has 0 fully saturated rings. The van der Waals surface area contributed by atoms with Crippen molar-refractivity contribution in [1.82, 2.24) is 5.01 Å². The Hall–Kier alpha value is -2.08. The third-order valence-electron chi connectivity index (χ3n) is 2.07. The van der Waals surface area contributed by atoms with E-state index in [2.05, 4.69) is 5.10 Å². The number of carbonyl (C=O) groups is 1. The smallest absolute Gasteiger partial charge is 0.169 e. The van der Waals surface area contributed by atoms with Gasteiger partial charge >= 0.3 is 0 Å². The fourth-order valence-corrected chi connectivity index (χ4v) is 1.33. The van der Waals surface area contributed by atoms with Crippen LogP contribution in [0.1, 0.15) is 15.9 Å². The third kappa shape index (κ3) is 2.29. The lowest BCUT2D eigenvalue weighted by Crippen LogP contribution is -2.34. The molecule has 0 heterocycles. The largest absolute Gasteiger partial charge is 0.496 e. The zero-order valence-corrected chi connectivity index (χ0v) is 9.18. The number of rotatable bonds is 3. The van der Waals surface area contributed by atoms with Crippen LogP contribution in [0.3, 0.4) is 0 Å². The van der Waals surface area contributed by atoms with Crippen molar-refractivity contribution in [3.63, 3.8) is 0 Å². The number of nitrogens with zero attached hydrogens (tertiary/aromatic N) is 2. The van der Waals surface area contributed by atoms with E-state index in [1.54, 1.807) is 25.2 Å². The minimum atomic E-state index is 0.380. The van der Waals surface area contributed by atoms with Crippen LogP contribution in [-0.2, 0) is 0 Å². The Labute approximate surface area is 93.4 Å². The number of hydrogen-bond donors (Lipinski definition) is 2. The Morgan fingerprint density at radius 1 is 1.56 bits per heavy atom. The van der Waals surface area contributed by atoms with E-state index < -0.39 is 0 Å². The van der Waals surface area contributed by atoms with Gasteiger partial charge in [-0.15, -0.1) is 0 Å². The maximum atomic E-state index is 10.8. The van der Waals surface area contributed by atoms with Gasteiger partial charge in [0.2, 0.25) is 0 Å². The SMILES string of the molecule is COc1ccc(/C(=N/N)N(C)N)cc1C=O. The molecule has 1 aromatic rings. The molecule has 4 N–H and O–H groups in total. The van der Waals surface area contributed by atoms with Crippen LogP contribution in [0.15, 0.2) is 23.3 Å². The number of aldehydes is 1. The Kier molecular flexibility index (Phi) is 3.84. The van der Waals surface area contributed by atoms with Crippen LogP contribution in [0, 0.1) is 0 Å². The Morgan fingerprint density at radius 2 is 2.25 bits per heavy atom. The number of hydrogen-bond acceptors (Lipinski definition) is 5. The lowest BCUT2D eigenvalue weighted by Gasteiger charge is -2.15. The fourth-order valence-electron chi connectivity index (χ4n) is 1.33. The highest BCUT2D eigenvalue weighted by atomic mass is 16.5. The van der Waals surface area contributed by atoms with E-state index in [1.165, 1.54) is 12.1 Å². The van der Waals surface area contributed by atoms with Crippen LogP contribution >= 0.6 is 0 Å². The first-order valence-corrected chi connectivity index (χ1v) is 4.54. The summed E-state index contributed by atoms with van der Waals surface area (Å²) >= 11 is 0. The fraction of sp³-hybridized carbons (Fsp3) is 0.200. The van der Waals surface area contributed by atoms with Gasteiger partial charge in [0.15, 0.2) is 12.1 Å². The van der Waals surface area contributed by atoms with E-state index >= 15 is 0 Å². The first-order chi connectivity index (χ1) is 7.63. The first kappa shape index (κ1) is 12.0.